The van der Waals surface area contributed by atoms with Crippen molar-refractivity contribution in [2.45, 2.75) is 207 Å². The fraction of sp³-hybridized carbons (Fsp3) is 0.947. The number of hydrogen-bond donors (Lipinski definition) is 0. The highest BCUT2D eigenvalue weighted by Gasteiger charge is 2.15. The van der Waals surface area contributed by atoms with E-state index in [0.717, 1.165) is 32.1 Å². The zero-order valence-electron chi connectivity index (χ0n) is 29.0. The minimum absolute atomic E-state index is 0.00192. The van der Waals surface area contributed by atoms with Crippen LogP contribution >= 0.6 is 0 Å². The van der Waals surface area contributed by atoms with Crippen molar-refractivity contribution in [2.75, 3.05) is 13.2 Å². The molecular formula is C38H74O4. The summed E-state index contributed by atoms with van der Waals surface area (Å²) in [5.41, 5.74) is 0. The van der Waals surface area contributed by atoms with Crippen LogP contribution in [0.2, 0.25) is 0 Å². The van der Waals surface area contributed by atoms with E-state index in [2.05, 4.69) is 27.7 Å². The lowest BCUT2D eigenvalue weighted by Crippen LogP contribution is -2.13. The van der Waals surface area contributed by atoms with Crippen molar-refractivity contribution in [1.82, 2.24) is 0 Å². The third-order valence-electron chi connectivity index (χ3n) is 8.89. The molecule has 0 aliphatic carbocycles. The number of hydrogen-bond acceptors (Lipinski definition) is 4. The van der Waals surface area contributed by atoms with E-state index in [0.29, 0.717) is 37.9 Å². The highest BCUT2D eigenvalue weighted by atomic mass is 16.5. The van der Waals surface area contributed by atoms with Gasteiger partial charge in [0.25, 0.3) is 0 Å². The molecule has 250 valence electrons. The van der Waals surface area contributed by atoms with Gasteiger partial charge >= 0.3 is 11.9 Å². The van der Waals surface area contributed by atoms with Gasteiger partial charge in [-0.25, -0.2) is 0 Å². The van der Waals surface area contributed by atoms with Gasteiger partial charge < -0.3 is 9.47 Å². The second-order valence-corrected chi connectivity index (χ2v) is 13.3. The second kappa shape index (κ2) is 32.8. The van der Waals surface area contributed by atoms with E-state index >= 15 is 0 Å². The van der Waals surface area contributed by atoms with Gasteiger partial charge in [0.2, 0.25) is 0 Å². The molecule has 4 heteroatoms. The molecule has 0 radical (unpaired) electrons. The van der Waals surface area contributed by atoms with Crippen LogP contribution in [0.3, 0.4) is 0 Å². The molecule has 1 unspecified atom stereocenters. The van der Waals surface area contributed by atoms with Crippen molar-refractivity contribution in [1.29, 1.82) is 0 Å². The SMILES string of the molecule is CCCCCCCCOC(=O)CCCCCCCCCCCCCCC(CCC(=O)OCCCCCCCC)C(C)C. The Morgan fingerprint density at radius 1 is 0.429 bits per heavy atom. The Morgan fingerprint density at radius 2 is 0.786 bits per heavy atom. The van der Waals surface area contributed by atoms with Crippen LogP contribution in [0.15, 0.2) is 0 Å². The predicted octanol–water partition coefficient (Wildman–Crippen LogP) is 12.3. The largest absolute Gasteiger partial charge is 0.466 e. The minimum Gasteiger partial charge on any atom is -0.466 e. The summed E-state index contributed by atoms with van der Waals surface area (Å²) >= 11 is 0. The molecule has 0 amide bonds. The third-order valence-corrected chi connectivity index (χ3v) is 8.89. The van der Waals surface area contributed by atoms with Crippen molar-refractivity contribution in [3.63, 3.8) is 0 Å². The van der Waals surface area contributed by atoms with Crippen LogP contribution in [0.5, 0.6) is 0 Å². The molecule has 0 saturated heterocycles. The first-order valence-electron chi connectivity index (χ1n) is 18.8. The van der Waals surface area contributed by atoms with Crippen LogP contribution in [0, 0.1) is 11.8 Å². The Balaban J connectivity index is 3.49. The van der Waals surface area contributed by atoms with Gasteiger partial charge in [0.05, 0.1) is 13.2 Å². The zero-order valence-corrected chi connectivity index (χ0v) is 29.0. The first-order valence-corrected chi connectivity index (χ1v) is 18.8. The molecule has 0 N–H and O–H groups in total. The number of rotatable bonds is 33. The maximum Gasteiger partial charge on any atom is 0.305 e. The monoisotopic (exact) mass is 595 g/mol. The van der Waals surface area contributed by atoms with Crippen molar-refractivity contribution in [2.24, 2.45) is 11.8 Å². The fourth-order valence-electron chi connectivity index (χ4n) is 5.84. The smallest absolute Gasteiger partial charge is 0.305 e. The predicted molar refractivity (Wildman–Crippen MR) is 181 cm³/mol. The van der Waals surface area contributed by atoms with E-state index in [9.17, 15) is 9.59 Å². The summed E-state index contributed by atoms with van der Waals surface area (Å²) in [4.78, 5) is 24.0. The van der Waals surface area contributed by atoms with Crippen LogP contribution in [-0.2, 0) is 19.1 Å². The van der Waals surface area contributed by atoms with Gasteiger partial charge in [0, 0.05) is 12.8 Å². The molecule has 42 heavy (non-hydrogen) atoms. The summed E-state index contributed by atoms with van der Waals surface area (Å²) in [5.74, 6) is 1.29. The summed E-state index contributed by atoms with van der Waals surface area (Å²) < 4.78 is 10.8. The minimum atomic E-state index is 0.00192. The summed E-state index contributed by atoms with van der Waals surface area (Å²) in [6, 6.07) is 0. The standard InChI is InChI=1S/C38H74O4/c1-5-7-9-11-23-27-33-41-37(39)30-26-22-20-18-16-14-13-15-17-19-21-25-29-36(35(3)4)31-32-38(40)42-34-28-24-12-10-8-6-2/h35-36H,5-34H2,1-4H3. The molecule has 0 aliphatic heterocycles. The molecule has 1 atom stereocenters. The van der Waals surface area contributed by atoms with Gasteiger partial charge in [0.15, 0.2) is 0 Å². The van der Waals surface area contributed by atoms with Gasteiger partial charge in [0.1, 0.15) is 0 Å². The van der Waals surface area contributed by atoms with Crippen molar-refractivity contribution < 1.29 is 19.1 Å². The maximum absolute atomic E-state index is 12.1. The van der Waals surface area contributed by atoms with Crippen LogP contribution in [0.25, 0.3) is 0 Å². The molecule has 0 aromatic carbocycles. The molecule has 0 spiro atoms. The van der Waals surface area contributed by atoms with Crippen LogP contribution < -0.4 is 0 Å². The van der Waals surface area contributed by atoms with E-state index < -0.39 is 0 Å². The molecule has 0 aromatic rings. The van der Waals surface area contributed by atoms with E-state index in [1.54, 1.807) is 0 Å². The first kappa shape index (κ1) is 40.9. The van der Waals surface area contributed by atoms with Crippen molar-refractivity contribution in [3.05, 3.63) is 0 Å². The highest BCUT2D eigenvalue weighted by molar-refractivity contribution is 5.69. The van der Waals surface area contributed by atoms with Crippen molar-refractivity contribution in [3.8, 4) is 0 Å². The van der Waals surface area contributed by atoms with Gasteiger partial charge in [-0.05, 0) is 37.5 Å². The second-order valence-electron chi connectivity index (χ2n) is 13.3. The highest BCUT2D eigenvalue weighted by Crippen LogP contribution is 2.24. The van der Waals surface area contributed by atoms with Crippen LogP contribution in [0.4, 0.5) is 0 Å². The first-order chi connectivity index (χ1) is 20.5. The maximum atomic E-state index is 12.1. The van der Waals surface area contributed by atoms with Gasteiger partial charge in [-0.2, -0.15) is 0 Å². The number of esters is 2. The molecular weight excluding hydrogens is 520 g/mol. The summed E-state index contributed by atoms with van der Waals surface area (Å²) in [6.45, 7) is 10.3. The molecule has 0 saturated carbocycles. The fourth-order valence-corrected chi connectivity index (χ4v) is 5.84. The van der Waals surface area contributed by atoms with E-state index in [-0.39, 0.29) is 11.9 Å². The lowest BCUT2D eigenvalue weighted by molar-refractivity contribution is -0.145. The number of ether oxygens (including phenoxy) is 2. The van der Waals surface area contributed by atoms with Crippen LogP contribution in [-0.4, -0.2) is 25.2 Å². The lowest BCUT2D eigenvalue weighted by atomic mass is 9.86. The Kier molecular flexibility index (Phi) is 32.0. The molecule has 0 bridgehead atoms. The van der Waals surface area contributed by atoms with E-state index in [1.165, 1.54) is 135 Å². The van der Waals surface area contributed by atoms with Gasteiger partial charge in [-0.15, -0.1) is 0 Å². The lowest BCUT2D eigenvalue weighted by Gasteiger charge is -2.20. The Hall–Kier alpha value is -1.06. The van der Waals surface area contributed by atoms with Crippen molar-refractivity contribution >= 4 is 11.9 Å². The Morgan fingerprint density at radius 3 is 1.21 bits per heavy atom. The average molecular weight is 595 g/mol. The van der Waals surface area contributed by atoms with E-state index in [4.69, 9.17) is 9.47 Å². The molecule has 0 fully saturated rings. The number of carbonyl (C=O) groups excluding carboxylic acids is 2. The third kappa shape index (κ3) is 30.4. The number of unbranched alkanes of at least 4 members (excludes halogenated alkanes) is 21. The Labute approximate surface area is 263 Å². The average Bonchev–Trinajstić information content (AvgIpc) is 2.97. The normalized spacial score (nSPS) is 12.1. The number of carbonyl (C=O) groups is 2. The molecule has 4 nitrogen and oxygen atoms in total. The molecule has 0 rings (SSSR count). The molecule has 0 aromatic heterocycles. The molecule has 0 heterocycles. The Bertz CT molecular complexity index is 573. The summed E-state index contributed by atoms with van der Waals surface area (Å²) in [7, 11) is 0. The van der Waals surface area contributed by atoms with E-state index in [1.807, 2.05) is 0 Å². The van der Waals surface area contributed by atoms with Gasteiger partial charge in [-0.1, -0.05) is 169 Å². The quantitative estimate of drug-likeness (QED) is 0.0560. The van der Waals surface area contributed by atoms with Gasteiger partial charge in [-0.3, -0.25) is 9.59 Å². The summed E-state index contributed by atoms with van der Waals surface area (Å²) in [5, 5.41) is 0. The zero-order chi connectivity index (χ0) is 30.9. The van der Waals surface area contributed by atoms with Crippen LogP contribution in [0.1, 0.15) is 207 Å². The topological polar surface area (TPSA) is 52.6 Å². The summed E-state index contributed by atoms with van der Waals surface area (Å²) in [6.07, 6.45) is 33.6. The molecule has 0 aliphatic rings.